The van der Waals surface area contributed by atoms with Gasteiger partial charge in [-0.3, -0.25) is 0 Å². The topological polar surface area (TPSA) is 21.3 Å². The molecule has 0 radical (unpaired) electrons. The predicted octanol–water partition coefficient (Wildman–Crippen LogP) is 3.54. The Morgan fingerprint density at radius 3 is 2.89 bits per heavy atom. The van der Waals surface area contributed by atoms with Crippen molar-refractivity contribution in [2.75, 3.05) is 13.2 Å². The summed E-state index contributed by atoms with van der Waals surface area (Å²) in [5.41, 5.74) is 1.28. The van der Waals surface area contributed by atoms with E-state index in [2.05, 4.69) is 30.3 Å². The number of unbranched alkanes of at least 4 members (excludes halogenated alkanes) is 1. The lowest BCUT2D eigenvalue weighted by atomic mass is 10.0. The Hall–Kier alpha value is -1.46. The minimum absolute atomic E-state index is 0.365. The second-order valence-corrected chi connectivity index (χ2v) is 4.21. The zero-order chi connectivity index (χ0) is 13.2. The molecule has 1 N–H and O–H groups in total. The summed E-state index contributed by atoms with van der Waals surface area (Å²) in [6, 6.07) is 8.67. The Morgan fingerprint density at radius 1 is 1.39 bits per heavy atom. The van der Waals surface area contributed by atoms with Gasteiger partial charge in [-0.1, -0.05) is 19.1 Å². The molecule has 0 aliphatic carbocycles. The van der Waals surface area contributed by atoms with Crippen molar-refractivity contribution >= 4 is 0 Å². The maximum Gasteiger partial charge on any atom is 0.119 e. The summed E-state index contributed by atoms with van der Waals surface area (Å²) in [6.45, 7) is 5.79. The third kappa shape index (κ3) is 4.81. The fourth-order valence-corrected chi connectivity index (χ4v) is 2.03. The van der Waals surface area contributed by atoms with Crippen molar-refractivity contribution in [3.05, 3.63) is 29.8 Å². The van der Waals surface area contributed by atoms with Crippen LogP contribution < -0.4 is 10.1 Å². The van der Waals surface area contributed by atoms with Gasteiger partial charge in [-0.05, 0) is 44.0 Å². The summed E-state index contributed by atoms with van der Waals surface area (Å²) in [5.74, 6) is 3.64. The highest BCUT2D eigenvalue weighted by Crippen LogP contribution is 2.23. The van der Waals surface area contributed by atoms with Gasteiger partial charge in [0.1, 0.15) is 5.75 Å². The number of terminal acetylenes is 1. The molecule has 0 fully saturated rings. The summed E-state index contributed by atoms with van der Waals surface area (Å²) >= 11 is 0. The van der Waals surface area contributed by atoms with E-state index in [0.29, 0.717) is 12.6 Å². The van der Waals surface area contributed by atoms with Crippen molar-refractivity contribution in [2.24, 2.45) is 0 Å². The molecule has 18 heavy (non-hydrogen) atoms. The van der Waals surface area contributed by atoms with Crippen LogP contribution in [0, 0.1) is 12.3 Å². The molecule has 2 nitrogen and oxygen atoms in total. The van der Waals surface area contributed by atoms with Crippen molar-refractivity contribution < 1.29 is 4.74 Å². The van der Waals surface area contributed by atoms with Gasteiger partial charge in [0.25, 0.3) is 0 Å². The number of ether oxygens (including phenoxy) is 1. The van der Waals surface area contributed by atoms with Gasteiger partial charge < -0.3 is 10.1 Å². The Morgan fingerprint density at radius 2 is 2.22 bits per heavy atom. The number of hydrogen-bond donors (Lipinski definition) is 1. The minimum atomic E-state index is 0.365. The molecule has 0 aliphatic heterocycles. The van der Waals surface area contributed by atoms with E-state index in [1.807, 2.05) is 19.1 Å². The third-order valence-corrected chi connectivity index (χ3v) is 2.84. The first-order valence-electron chi connectivity index (χ1n) is 6.71. The highest BCUT2D eigenvalue weighted by atomic mass is 16.5. The molecule has 0 bridgehead atoms. The Balaban J connectivity index is 2.71. The van der Waals surface area contributed by atoms with Gasteiger partial charge in [0.05, 0.1) is 6.61 Å². The molecule has 2 heteroatoms. The lowest BCUT2D eigenvalue weighted by molar-refractivity contribution is 0.339. The van der Waals surface area contributed by atoms with Crippen molar-refractivity contribution in [3.8, 4) is 18.1 Å². The molecule has 0 saturated carbocycles. The maximum atomic E-state index is 5.54. The second kappa shape index (κ2) is 8.60. The fraction of sp³-hybridized carbons (Fsp3) is 0.500. The van der Waals surface area contributed by atoms with E-state index >= 15 is 0 Å². The van der Waals surface area contributed by atoms with Gasteiger partial charge in [-0.25, -0.2) is 0 Å². The molecule has 0 aromatic heterocycles. The molecule has 0 aliphatic rings. The van der Waals surface area contributed by atoms with E-state index < -0.39 is 0 Å². The van der Waals surface area contributed by atoms with Crippen LogP contribution in [0.15, 0.2) is 24.3 Å². The first-order chi connectivity index (χ1) is 8.81. The molecule has 98 valence electrons. The summed E-state index contributed by atoms with van der Waals surface area (Å²) in [5, 5.41) is 3.50. The molecule has 1 aromatic rings. The molecule has 1 unspecified atom stereocenters. The van der Waals surface area contributed by atoms with Gasteiger partial charge in [0.2, 0.25) is 0 Å². The van der Waals surface area contributed by atoms with Crippen LogP contribution in [0.1, 0.15) is 44.7 Å². The Labute approximate surface area is 111 Å². The molecule has 0 spiro atoms. The molecular formula is C16H23NO. The zero-order valence-electron chi connectivity index (χ0n) is 11.4. The lowest BCUT2D eigenvalue weighted by Gasteiger charge is -2.18. The van der Waals surface area contributed by atoms with Gasteiger partial charge in [0, 0.05) is 12.5 Å². The van der Waals surface area contributed by atoms with Crippen molar-refractivity contribution in [1.29, 1.82) is 0 Å². The quantitative estimate of drug-likeness (QED) is 0.559. The fourth-order valence-electron chi connectivity index (χ4n) is 2.03. The largest absolute Gasteiger partial charge is 0.494 e. The second-order valence-electron chi connectivity index (χ2n) is 4.21. The number of hydrogen-bond acceptors (Lipinski definition) is 2. The maximum absolute atomic E-state index is 5.54. The molecule has 0 heterocycles. The van der Waals surface area contributed by atoms with Gasteiger partial charge in [0.15, 0.2) is 0 Å². The minimum Gasteiger partial charge on any atom is -0.494 e. The lowest BCUT2D eigenvalue weighted by Crippen LogP contribution is -2.20. The van der Waals surface area contributed by atoms with E-state index in [1.54, 1.807) is 0 Å². The van der Waals surface area contributed by atoms with Crippen LogP contribution >= 0.6 is 0 Å². The van der Waals surface area contributed by atoms with Crippen LogP contribution in [-0.4, -0.2) is 13.2 Å². The molecule has 1 rings (SSSR count). The highest BCUT2D eigenvalue weighted by Gasteiger charge is 2.10. The summed E-state index contributed by atoms with van der Waals surface area (Å²) in [7, 11) is 0. The van der Waals surface area contributed by atoms with Gasteiger partial charge in [-0.15, -0.1) is 12.3 Å². The third-order valence-electron chi connectivity index (χ3n) is 2.84. The average Bonchev–Trinajstić information content (AvgIpc) is 2.39. The molecule has 1 aromatic carbocycles. The predicted molar refractivity (Wildman–Crippen MR) is 76.7 cm³/mol. The van der Waals surface area contributed by atoms with Gasteiger partial charge in [-0.2, -0.15) is 0 Å². The highest BCUT2D eigenvalue weighted by molar-refractivity contribution is 5.30. The Kier molecular flexibility index (Phi) is 6.98. The summed E-state index contributed by atoms with van der Waals surface area (Å²) in [4.78, 5) is 0. The van der Waals surface area contributed by atoms with Crippen LogP contribution in [0.5, 0.6) is 5.75 Å². The SMILES string of the molecule is C#CCCCC(NCC)c1cccc(OCC)c1. The summed E-state index contributed by atoms with van der Waals surface area (Å²) < 4.78 is 5.54. The van der Waals surface area contributed by atoms with E-state index in [4.69, 9.17) is 11.2 Å². The molecule has 0 amide bonds. The van der Waals surface area contributed by atoms with Crippen LogP contribution in [0.4, 0.5) is 0 Å². The first-order valence-corrected chi connectivity index (χ1v) is 6.71. The summed E-state index contributed by atoms with van der Waals surface area (Å²) in [6.07, 6.45) is 8.25. The smallest absolute Gasteiger partial charge is 0.119 e. The van der Waals surface area contributed by atoms with Crippen molar-refractivity contribution in [1.82, 2.24) is 5.32 Å². The monoisotopic (exact) mass is 245 g/mol. The van der Waals surface area contributed by atoms with Crippen LogP contribution in [-0.2, 0) is 0 Å². The zero-order valence-corrected chi connectivity index (χ0v) is 11.4. The van der Waals surface area contributed by atoms with E-state index in [1.165, 1.54) is 5.56 Å². The molecular weight excluding hydrogens is 222 g/mol. The van der Waals surface area contributed by atoms with E-state index in [-0.39, 0.29) is 0 Å². The number of rotatable bonds is 8. The van der Waals surface area contributed by atoms with E-state index in [9.17, 15) is 0 Å². The Bertz CT molecular complexity index is 381. The van der Waals surface area contributed by atoms with Gasteiger partial charge >= 0.3 is 0 Å². The molecule has 1 atom stereocenters. The standard InChI is InChI=1S/C16H23NO/c1-4-7-8-12-16(17-5-2)14-10-9-11-15(13-14)18-6-3/h1,9-11,13,16-17H,5-8,12H2,2-3H3. The van der Waals surface area contributed by atoms with Crippen molar-refractivity contribution in [2.45, 2.75) is 39.2 Å². The van der Waals surface area contributed by atoms with Crippen LogP contribution in [0.3, 0.4) is 0 Å². The van der Waals surface area contributed by atoms with Crippen LogP contribution in [0.25, 0.3) is 0 Å². The average molecular weight is 245 g/mol. The van der Waals surface area contributed by atoms with Crippen molar-refractivity contribution in [3.63, 3.8) is 0 Å². The normalized spacial score (nSPS) is 11.8. The first kappa shape index (κ1) is 14.6. The molecule has 0 saturated heterocycles. The number of benzene rings is 1. The van der Waals surface area contributed by atoms with E-state index in [0.717, 1.165) is 31.6 Å². The van der Waals surface area contributed by atoms with Crippen LogP contribution in [0.2, 0.25) is 0 Å². The number of nitrogens with one attached hydrogen (secondary N) is 1.